The molecule has 1 aliphatic heterocycles. The Balaban J connectivity index is 1.48. The van der Waals surface area contributed by atoms with Gasteiger partial charge in [0.2, 0.25) is 0 Å². The summed E-state index contributed by atoms with van der Waals surface area (Å²) in [5.74, 6) is -0.213. The summed E-state index contributed by atoms with van der Waals surface area (Å²) in [5, 5.41) is 6.59. The highest BCUT2D eigenvalue weighted by atomic mass is 19.1. The van der Waals surface area contributed by atoms with E-state index in [1.54, 1.807) is 17.0 Å². The first kappa shape index (κ1) is 14.7. The molecule has 0 atom stereocenters. The van der Waals surface area contributed by atoms with Crippen molar-refractivity contribution >= 4 is 6.21 Å². The van der Waals surface area contributed by atoms with E-state index in [1.807, 2.05) is 6.21 Å². The van der Waals surface area contributed by atoms with Crippen LogP contribution in [-0.4, -0.2) is 37.4 Å². The molecular weight excluding hydrogens is 277 g/mol. The van der Waals surface area contributed by atoms with Gasteiger partial charge in [-0.2, -0.15) is 5.10 Å². The molecule has 3 nitrogen and oxygen atoms in total. The maximum absolute atomic E-state index is 12.8. The van der Waals surface area contributed by atoms with Gasteiger partial charge in [0, 0.05) is 5.56 Å². The number of hydrogen-bond acceptors (Lipinski definition) is 2. The van der Waals surface area contributed by atoms with Gasteiger partial charge >= 0.3 is 0 Å². The predicted molar refractivity (Wildman–Crippen MR) is 86.4 cm³/mol. The Labute approximate surface area is 130 Å². The fraction of sp³-hybridized carbons (Fsp3) is 0.278. The van der Waals surface area contributed by atoms with Gasteiger partial charge in [0.25, 0.3) is 0 Å². The monoisotopic (exact) mass is 298 g/mol. The Hall–Kier alpha value is -2.20. The van der Waals surface area contributed by atoms with Gasteiger partial charge in [-0.15, -0.1) is 0 Å². The maximum atomic E-state index is 12.8. The molecule has 4 heteroatoms. The lowest BCUT2D eigenvalue weighted by atomic mass is 10.2. The van der Waals surface area contributed by atoms with Crippen LogP contribution in [0.4, 0.5) is 4.39 Å². The number of rotatable bonds is 4. The third kappa shape index (κ3) is 4.15. The minimum Gasteiger partial charge on any atom is -0.328 e. The smallest absolute Gasteiger partial charge is 0.123 e. The van der Waals surface area contributed by atoms with E-state index in [9.17, 15) is 4.39 Å². The Kier molecular flexibility index (Phi) is 4.81. The van der Waals surface area contributed by atoms with Crippen molar-refractivity contribution in [3.05, 3.63) is 71.5 Å². The van der Waals surface area contributed by atoms with Gasteiger partial charge in [-0.05, 0) is 17.7 Å². The van der Waals surface area contributed by atoms with Gasteiger partial charge in [-0.25, -0.2) is 4.39 Å². The molecule has 0 aliphatic carbocycles. The van der Waals surface area contributed by atoms with E-state index >= 15 is 0 Å². The van der Waals surface area contributed by atoms with Crippen LogP contribution >= 0.6 is 0 Å². The second-order valence-corrected chi connectivity index (χ2v) is 5.66. The lowest BCUT2D eigenvalue weighted by molar-refractivity contribution is -0.918. The summed E-state index contributed by atoms with van der Waals surface area (Å²) >= 11 is 0. The van der Waals surface area contributed by atoms with Crippen molar-refractivity contribution in [2.24, 2.45) is 5.10 Å². The number of nitrogens with one attached hydrogen (secondary N) is 1. The van der Waals surface area contributed by atoms with Crippen LogP contribution in [0.1, 0.15) is 11.1 Å². The second kappa shape index (κ2) is 7.18. The summed E-state index contributed by atoms with van der Waals surface area (Å²) in [7, 11) is 0. The quantitative estimate of drug-likeness (QED) is 0.849. The van der Waals surface area contributed by atoms with E-state index in [2.05, 4.69) is 40.4 Å². The lowest BCUT2D eigenvalue weighted by Gasteiger charge is -2.30. The Morgan fingerprint density at radius 3 is 2.36 bits per heavy atom. The molecule has 2 aromatic carbocycles. The SMILES string of the molecule is Fc1ccc(/C=N\N2CC[NH+](Cc3ccccc3)CC2)cc1. The van der Waals surface area contributed by atoms with Crippen LogP contribution < -0.4 is 4.90 Å². The van der Waals surface area contributed by atoms with Crippen molar-refractivity contribution in [3.63, 3.8) is 0 Å². The molecule has 0 bridgehead atoms. The summed E-state index contributed by atoms with van der Waals surface area (Å²) in [5.41, 5.74) is 2.32. The zero-order valence-electron chi connectivity index (χ0n) is 12.6. The Morgan fingerprint density at radius 2 is 1.68 bits per heavy atom. The zero-order chi connectivity index (χ0) is 15.2. The number of quaternary nitrogens is 1. The zero-order valence-corrected chi connectivity index (χ0v) is 12.6. The van der Waals surface area contributed by atoms with Gasteiger partial charge in [0.1, 0.15) is 12.4 Å². The van der Waals surface area contributed by atoms with E-state index in [0.717, 1.165) is 38.3 Å². The molecule has 22 heavy (non-hydrogen) atoms. The summed E-state index contributed by atoms with van der Waals surface area (Å²) < 4.78 is 12.8. The summed E-state index contributed by atoms with van der Waals surface area (Å²) in [6, 6.07) is 17.0. The first-order chi connectivity index (χ1) is 10.8. The fourth-order valence-electron chi connectivity index (χ4n) is 2.69. The highest BCUT2D eigenvalue weighted by Crippen LogP contribution is 2.01. The minimum absolute atomic E-state index is 0.213. The van der Waals surface area contributed by atoms with E-state index in [1.165, 1.54) is 17.7 Å². The molecule has 0 unspecified atom stereocenters. The average Bonchev–Trinajstić information content (AvgIpc) is 2.57. The van der Waals surface area contributed by atoms with Crippen LogP contribution in [0.3, 0.4) is 0 Å². The van der Waals surface area contributed by atoms with Crippen LogP contribution in [0.25, 0.3) is 0 Å². The highest BCUT2D eigenvalue weighted by Gasteiger charge is 2.18. The first-order valence-electron chi connectivity index (χ1n) is 7.71. The van der Waals surface area contributed by atoms with Crippen LogP contribution in [0, 0.1) is 5.82 Å². The molecule has 1 saturated heterocycles. The molecule has 2 aromatic rings. The topological polar surface area (TPSA) is 20.0 Å². The molecule has 1 N–H and O–H groups in total. The second-order valence-electron chi connectivity index (χ2n) is 5.66. The predicted octanol–water partition coefficient (Wildman–Crippen LogP) is 1.56. The molecule has 0 saturated carbocycles. The molecule has 114 valence electrons. The third-order valence-electron chi connectivity index (χ3n) is 3.98. The van der Waals surface area contributed by atoms with Crippen LogP contribution in [0.2, 0.25) is 0 Å². The number of hydrazone groups is 1. The van der Waals surface area contributed by atoms with E-state index < -0.39 is 0 Å². The van der Waals surface area contributed by atoms with Crippen LogP contribution in [0.15, 0.2) is 59.7 Å². The van der Waals surface area contributed by atoms with E-state index in [0.29, 0.717) is 0 Å². The van der Waals surface area contributed by atoms with Crippen LogP contribution in [0.5, 0.6) is 0 Å². The number of halogens is 1. The molecule has 0 spiro atoms. The van der Waals surface area contributed by atoms with Crippen molar-refractivity contribution < 1.29 is 9.29 Å². The van der Waals surface area contributed by atoms with Gasteiger partial charge in [0.05, 0.1) is 32.4 Å². The maximum Gasteiger partial charge on any atom is 0.123 e. The summed E-state index contributed by atoms with van der Waals surface area (Å²) in [6.45, 7) is 5.18. The average molecular weight is 298 g/mol. The fourth-order valence-corrected chi connectivity index (χ4v) is 2.69. The molecule has 0 amide bonds. The number of piperazine rings is 1. The van der Waals surface area contributed by atoms with Crippen molar-refractivity contribution in [1.29, 1.82) is 0 Å². The summed E-state index contributed by atoms with van der Waals surface area (Å²) in [6.07, 6.45) is 1.81. The van der Waals surface area contributed by atoms with Crippen molar-refractivity contribution in [1.82, 2.24) is 5.01 Å². The largest absolute Gasteiger partial charge is 0.328 e. The van der Waals surface area contributed by atoms with Gasteiger partial charge < -0.3 is 4.90 Å². The normalized spacial score (nSPS) is 16.3. The third-order valence-corrected chi connectivity index (χ3v) is 3.98. The lowest BCUT2D eigenvalue weighted by Crippen LogP contribution is -3.13. The molecule has 0 aromatic heterocycles. The first-order valence-corrected chi connectivity index (χ1v) is 7.71. The Morgan fingerprint density at radius 1 is 1.00 bits per heavy atom. The molecule has 1 aliphatic rings. The molecule has 0 radical (unpaired) electrons. The molecule has 1 fully saturated rings. The van der Waals surface area contributed by atoms with Gasteiger partial charge in [-0.3, -0.25) is 5.01 Å². The van der Waals surface area contributed by atoms with Crippen molar-refractivity contribution in [2.45, 2.75) is 6.54 Å². The van der Waals surface area contributed by atoms with E-state index in [-0.39, 0.29) is 5.82 Å². The Bertz CT molecular complexity index is 602. The molecule has 3 rings (SSSR count). The van der Waals surface area contributed by atoms with Crippen LogP contribution in [-0.2, 0) is 6.54 Å². The minimum atomic E-state index is -0.213. The highest BCUT2D eigenvalue weighted by molar-refractivity contribution is 5.79. The number of hydrogen-bond donors (Lipinski definition) is 1. The number of benzene rings is 2. The van der Waals surface area contributed by atoms with Gasteiger partial charge in [-0.1, -0.05) is 42.5 Å². The van der Waals surface area contributed by atoms with Gasteiger partial charge in [0.15, 0.2) is 0 Å². The summed E-state index contributed by atoms with van der Waals surface area (Å²) in [4.78, 5) is 1.60. The van der Waals surface area contributed by atoms with Crippen molar-refractivity contribution in [3.8, 4) is 0 Å². The number of nitrogens with zero attached hydrogens (tertiary/aromatic N) is 2. The molecule has 1 heterocycles. The molecular formula is C18H21FN3+. The standard InChI is InChI=1S/C18H20FN3/c19-18-8-6-16(7-9-18)14-20-22-12-10-21(11-13-22)15-17-4-2-1-3-5-17/h1-9,14H,10-13,15H2/p+1/b20-14-. The van der Waals surface area contributed by atoms with E-state index in [4.69, 9.17) is 0 Å². The van der Waals surface area contributed by atoms with Crippen molar-refractivity contribution in [2.75, 3.05) is 26.2 Å².